The number of carbonyl (C=O) groups excluding carboxylic acids is 2. The van der Waals surface area contributed by atoms with Crippen LogP contribution in [0.5, 0.6) is 0 Å². The van der Waals surface area contributed by atoms with E-state index in [0.717, 1.165) is 31.2 Å². The molecule has 1 N–H and O–H groups in total. The summed E-state index contributed by atoms with van der Waals surface area (Å²) in [6, 6.07) is 13.6. The molecule has 0 unspecified atom stereocenters. The molecule has 5 nitrogen and oxygen atoms in total. The molecule has 7 heteroatoms. The van der Waals surface area contributed by atoms with Crippen LogP contribution in [0.1, 0.15) is 48.0 Å². The third-order valence-corrected chi connectivity index (χ3v) is 6.91. The van der Waals surface area contributed by atoms with Crippen molar-refractivity contribution in [2.45, 2.75) is 50.2 Å². The van der Waals surface area contributed by atoms with Gasteiger partial charge in [-0.2, -0.15) is 0 Å². The maximum atomic E-state index is 13.8. The molecular formula is C25H28ClFN2O3. The number of aryl methyl sites for hydroxylation is 1. The van der Waals surface area contributed by atoms with Crippen LogP contribution in [0, 0.1) is 5.82 Å². The SMILES string of the molecule is O=C(NC[C@H]1CCC2(CCN(C(=O)CCc3ccccc3Cl)CC2)O1)c1ccccc1F. The lowest BCUT2D eigenvalue weighted by Gasteiger charge is -2.39. The number of ether oxygens (including phenoxy) is 1. The van der Waals surface area contributed by atoms with E-state index in [1.807, 2.05) is 29.2 Å². The van der Waals surface area contributed by atoms with E-state index in [1.54, 1.807) is 12.1 Å². The van der Waals surface area contributed by atoms with E-state index in [0.29, 0.717) is 37.5 Å². The molecule has 2 aromatic carbocycles. The second-order valence-electron chi connectivity index (χ2n) is 8.62. The highest BCUT2D eigenvalue weighted by molar-refractivity contribution is 6.31. The van der Waals surface area contributed by atoms with Crippen molar-refractivity contribution in [3.05, 3.63) is 70.5 Å². The fraction of sp³-hybridized carbons (Fsp3) is 0.440. The van der Waals surface area contributed by atoms with E-state index in [1.165, 1.54) is 12.1 Å². The van der Waals surface area contributed by atoms with Crippen molar-refractivity contribution >= 4 is 23.4 Å². The largest absolute Gasteiger partial charge is 0.370 e. The molecule has 2 aromatic rings. The number of benzene rings is 2. The summed E-state index contributed by atoms with van der Waals surface area (Å²) in [6.07, 6.45) is 4.34. The molecule has 0 saturated carbocycles. The van der Waals surface area contributed by atoms with Gasteiger partial charge in [-0.3, -0.25) is 9.59 Å². The Labute approximate surface area is 192 Å². The van der Waals surface area contributed by atoms with Crippen molar-refractivity contribution < 1.29 is 18.7 Å². The molecule has 2 saturated heterocycles. The molecule has 4 rings (SSSR count). The quantitative estimate of drug-likeness (QED) is 0.698. The molecule has 170 valence electrons. The normalized spacial score (nSPS) is 19.8. The minimum Gasteiger partial charge on any atom is -0.370 e. The lowest BCUT2D eigenvalue weighted by Crippen LogP contribution is -2.47. The first-order valence-corrected chi connectivity index (χ1v) is 11.6. The number of piperidine rings is 1. The number of likely N-dealkylation sites (tertiary alicyclic amines) is 1. The summed E-state index contributed by atoms with van der Waals surface area (Å²) in [6.45, 7) is 1.71. The first kappa shape index (κ1) is 22.7. The van der Waals surface area contributed by atoms with E-state index < -0.39 is 11.7 Å². The third-order valence-electron chi connectivity index (χ3n) is 6.54. The number of hydrogen-bond acceptors (Lipinski definition) is 3. The van der Waals surface area contributed by atoms with Crippen molar-refractivity contribution in [2.75, 3.05) is 19.6 Å². The van der Waals surface area contributed by atoms with Gasteiger partial charge >= 0.3 is 0 Å². The number of halogens is 2. The van der Waals surface area contributed by atoms with E-state index >= 15 is 0 Å². The van der Waals surface area contributed by atoms with Gasteiger partial charge in [0.15, 0.2) is 0 Å². The fourth-order valence-corrected chi connectivity index (χ4v) is 4.85. The molecule has 1 atom stereocenters. The Bertz CT molecular complexity index is 975. The Balaban J connectivity index is 1.22. The molecule has 2 fully saturated rings. The summed E-state index contributed by atoms with van der Waals surface area (Å²) in [5, 5.41) is 3.49. The first-order chi connectivity index (χ1) is 15.5. The zero-order valence-electron chi connectivity index (χ0n) is 18.0. The minimum atomic E-state index is -0.527. The standard InChI is InChI=1S/C25H28ClFN2O3/c26-21-7-3-1-5-18(21)9-10-23(30)29-15-13-25(14-16-29)12-11-19(32-25)17-28-24(31)20-6-2-4-8-22(20)27/h1-8,19H,9-17H2,(H,28,31)/t19-/m1/s1. The Hall–Kier alpha value is -2.44. The van der Waals surface area contributed by atoms with Gasteiger partial charge in [0.05, 0.1) is 17.3 Å². The van der Waals surface area contributed by atoms with Crippen molar-refractivity contribution in [1.82, 2.24) is 10.2 Å². The summed E-state index contributed by atoms with van der Waals surface area (Å²) >= 11 is 6.19. The van der Waals surface area contributed by atoms with E-state index in [4.69, 9.17) is 16.3 Å². The van der Waals surface area contributed by atoms with E-state index in [-0.39, 0.29) is 23.2 Å². The predicted molar refractivity (Wildman–Crippen MR) is 121 cm³/mol. The molecule has 2 aliphatic rings. The second kappa shape index (κ2) is 10.0. The molecular weight excluding hydrogens is 431 g/mol. The molecule has 0 bridgehead atoms. The molecule has 1 spiro atoms. The van der Waals surface area contributed by atoms with Crippen LogP contribution in [0.3, 0.4) is 0 Å². The predicted octanol–water partition coefficient (Wildman–Crippen LogP) is 4.38. The summed E-state index contributed by atoms with van der Waals surface area (Å²) in [7, 11) is 0. The molecule has 32 heavy (non-hydrogen) atoms. The number of nitrogens with one attached hydrogen (secondary N) is 1. The molecule has 2 heterocycles. The molecule has 0 aromatic heterocycles. The van der Waals surface area contributed by atoms with Gasteiger partial charge in [-0.25, -0.2) is 4.39 Å². The molecule has 2 aliphatic heterocycles. The van der Waals surface area contributed by atoms with Gasteiger partial charge < -0.3 is 15.0 Å². The highest BCUT2D eigenvalue weighted by Crippen LogP contribution is 2.39. The molecule has 0 aliphatic carbocycles. The van der Waals surface area contributed by atoms with Gasteiger partial charge in [0.2, 0.25) is 5.91 Å². The number of amides is 2. The Kier molecular flexibility index (Phi) is 7.11. The van der Waals surface area contributed by atoms with Gasteiger partial charge in [-0.1, -0.05) is 41.9 Å². The summed E-state index contributed by atoms with van der Waals surface area (Å²) in [5.74, 6) is -0.807. The zero-order chi connectivity index (χ0) is 22.6. The monoisotopic (exact) mass is 458 g/mol. The Morgan fingerprint density at radius 2 is 1.81 bits per heavy atom. The van der Waals surface area contributed by atoms with Gasteiger partial charge in [0.1, 0.15) is 5.82 Å². The van der Waals surface area contributed by atoms with Crippen LogP contribution in [-0.4, -0.2) is 48.1 Å². The minimum absolute atomic E-state index is 0.0452. The average Bonchev–Trinajstić information content (AvgIpc) is 3.20. The topological polar surface area (TPSA) is 58.6 Å². The second-order valence-corrected chi connectivity index (χ2v) is 9.03. The van der Waals surface area contributed by atoms with Crippen LogP contribution >= 0.6 is 11.6 Å². The van der Waals surface area contributed by atoms with E-state index in [2.05, 4.69) is 5.32 Å². The Morgan fingerprint density at radius 1 is 1.09 bits per heavy atom. The molecule has 0 radical (unpaired) electrons. The smallest absolute Gasteiger partial charge is 0.254 e. The van der Waals surface area contributed by atoms with Gasteiger partial charge in [-0.15, -0.1) is 0 Å². The highest BCUT2D eigenvalue weighted by Gasteiger charge is 2.43. The average molecular weight is 459 g/mol. The number of rotatable bonds is 6. The first-order valence-electron chi connectivity index (χ1n) is 11.2. The van der Waals surface area contributed by atoms with Crippen LogP contribution in [0.15, 0.2) is 48.5 Å². The van der Waals surface area contributed by atoms with Gasteiger partial charge in [0.25, 0.3) is 5.91 Å². The fourth-order valence-electron chi connectivity index (χ4n) is 4.62. The van der Waals surface area contributed by atoms with Crippen molar-refractivity contribution in [2.24, 2.45) is 0 Å². The van der Waals surface area contributed by atoms with Crippen LogP contribution in [0.4, 0.5) is 4.39 Å². The van der Waals surface area contributed by atoms with E-state index in [9.17, 15) is 14.0 Å². The summed E-state index contributed by atoms with van der Waals surface area (Å²) in [5.41, 5.74) is 0.812. The van der Waals surface area contributed by atoms with Crippen LogP contribution < -0.4 is 5.32 Å². The highest BCUT2D eigenvalue weighted by atomic mass is 35.5. The maximum Gasteiger partial charge on any atom is 0.254 e. The number of nitrogens with zero attached hydrogens (tertiary/aromatic N) is 1. The summed E-state index contributed by atoms with van der Waals surface area (Å²) in [4.78, 5) is 26.8. The van der Waals surface area contributed by atoms with Crippen molar-refractivity contribution in [3.8, 4) is 0 Å². The van der Waals surface area contributed by atoms with Crippen LogP contribution in [0.2, 0.25) is 5.02 Å². The van der Waals surface area contributed by atoms with Gasteiger partial charge in [0, 0.05) is 31.1 Å². The summed E-state index contributed by atoms with van der Waals surface area (Å²) < 4.78 is 20.1. The zero-order valence-corrected chi connectivity index (χ0v) is 18.7. The van der Waals surface area contributed by atoms with Gasteiger partial charge in [-0.05, 0) is 55.9 Å². The van der Waals surface area contributed by atoms with Crippen molar-refractivity contribution in [1.29, 1.82) is 0 Å². The van der Waals surface area contributed by atoms with Crippen LogP contribution in [-0.2, 0) is 16.0 Å². The Morgan fingerprint density at radius 3 is 2.56 bits per heavy atom. The number of hydrogen-bond donors (Lipinski definition) is 1. The third kappa shape index (κ3) is 5.30. The maximum absolute atomic E-state index is 13.8. The van der Waals surface area contributed by atoms with Crippen LogP contribution in [0.25, 0.3) is 0 Å². The van der Waals surface area contributed by atoms with Crippen molar-refractivity contribution in [3.63, 3.8) is 0 Å². The lowest BCUT2D eigenvalue weighted by atomic mass is 9.88. The molecule has 2 amide bonds. The number of carbonyl (C=O) groups is 2. The lowest BCUT2D eigenvalue weighted by molar-refractivity contribution is -0.137.